The molecule has 0 aliphatic carbocycles. The minimum atomic E-state index is -3.25. The van der Waals surface area contributed by atoms with Crippen LogP contribution in [0.25, 0.3) is 0 Å². The molecule has 0 radical (unpaired) electrons. The van der Waals surface area contributed by atoms with Gasteiger partial charge in [0.15, 0.2) is 0 Å². The molecule has 1 atom stereocenters. The molecule has 4 aromatic carbocycles. The number of carbonyl (C=O) groups excluding carboxylic acids is 2. The molecule has 0 fully saturated rings. The molecule has 0 heterocycles. The summed E-state index contributed by atoms with van der Waals surface area (Å²) in [7, 11) is 0. The van der Waals surface area contributed by atoms with E-state index in [1.54, 1.807) is 0 Å². The maximum atomic E-state index is 12.9. The summed E-state index contributed by atoms with van der Waals surface area (Å²) < 4.78 is 15.8. The molecule has 5 nitrogen and oxygen atoms in total. The predicted molar refractivity (Wildman–Crippen MR) is 141 cm³/mol. The molecule has 0 aromatic heterocycles. The van der Waals surface area contributed by atoms with Gasteiger partial charge >= 0.3 is 221 Å². The monoisotopic (exact) mass is 682 g/mol. The van der Waals surface area contributed by atoms with Crippen LogP contribution in [0.15, 0.2) is 121 Å². The summed E-state index contributed by atoms with van der Waals surface area (Å²) in [5.41, 5.74) is 0. The molecular formula is C28H26O5Sn2. The van der Waals surface area contributed by atoms with Crippen molar-refractivity contribution in [2.75, 3.05) is 0 Å². The van der Waals surface area contributed by atoms with E-state index in [0.29, 0.717) is 0 Å². The number of aliphatic hydroxyl groups is 1. The Bertz CT molecular complexity index is 1140. The summed E-state index contributed by atoms with van der Waals surface area (Å²) in [5, 5.41) is 10.6. The van der Waals surface area contributed by atoms with Crippen molar-refractivity contribution in [3.63, 3.8) is 0 Å². The van der Waals surface area contributed by atoms with E-state index in [1.807, 2.05) is 121 Å². The Labute approximate surface area is 219 Å². The van der Waals surface area contributed by atoms with Crippen molar-refractivity contribution in [1.82, 2.24) is 0 Å². The van der Waals surface area contributed by atoms with Crippen LogP contribution in [-0.4, -0.2) is 63.5 Å². The summed E-state index contributed by atoms with van der Waals surface area (Å²) in [6.45, 7) is 0. The van der Waals surface area contributed by atoms with Gasteiger partial charge < -0.3 is 0 Å². The molecule has 0 aliphatic heterocycles. The Morgan fingerprint density at radius 1 is 0.571 bits per heavy atom. The van der Waals surface area contributed by atoms with Crippen LogP contribution in [0.3, 0.4) is 0 Å². The van der Waals surface area contributed by atoms with Gasteiger partial charge in [0.05, 0.1) is 0 Å². The average Bonchev–Trinajstić information content (AvgIpc) is 2.92. The van der Waals surface area contributed by atoms with Crippen LogP contribution < -0.4 is 14.3 Å². The standard InChI is InChI=1S/4C6H5.C4H6O5.2Sn.2H/c4*1-2-4-6-5-3-1;5-2(4(8)9)1-3(6)7;;;;/h4*1-5H;2,5H,1H2,(H,6,7)(H,8,9);;;;/q;;;;;2*+1;;/p-2. The normalized spacial score (nSPS) is 11.7. The fraction of sp³-hybridized carbons (Fsp3) is 0.0714. The molecule has 1 unspecified atom stereocenters. The molecule has 0 saturated heterocycles. The van der Waals surface area contributed by atoms with E-state index in [-0.39, 0.29) is 0 Å². The van der Waals surface area contributed by atoms with Gasteiger partial charge in [-0.2, -0.15) is 0 Å². The summed E-state index contributed by atoms with van der Waals surface area (Å²) in [5.74, 6) is -1.37. The second-order valence-electron chi connectivity index (χ2n) is 8.05. The van der Waals surface area contributed by atoms with Gasteiger partial charge in [0.25, 0.3) is 0 Å². The molecular weight excluding hydrogens is 654 g/mol. The van der Waals surface area contributed by atoms with E-state index >= 15 is 0 Å². The molecule has 0 amide bonds. The fourth-order valence-electron chi connectivity index (χ4n) is 3.78. The quantitative estimate of drug-likeness (QED) is 0.267. The van der Waals surface area contributed by atoms with Crippen LogP contribution in [0.1, 0.15) is 6.42 Å². The zero-order valence-electron chi connectivity index (χ0n) is 19.1. The van der Waals surface area contributed by atoms with Crippen LogP contribution >= 0.6 is 0 Å². The molecule has 0 bridgehead atoms. The van der Waals surface area contributed by atoms with E-state index in [4.69, 9.17) is 6.15 Å². The van der Waals surface area contributed by atoms with Crippen molar-refractivity contribution < 1.29 is 20.8 Å². The molecule has 0 aliphatic rings. The first-order chi connectivity index (χ1) is 17.1. The van der Waals surface area contributed by atoms with Crippen LogP contribution in [0, 0.1) is 0 Å². The molecule has 35 heavy (non-hydrogen) atoms. The summed E-state index contributed by atoms with van der Waals surface area (Å²) in [6, 6.07) is 38.6. The predicted octanol–water partition coefficient (Wildman–Crippen LogP) is 0.900. The van der Waals surface area contributed by atoms with Crippen molar-refractivity contribution in [2.24, 2.45) is 0 Å². The third-order valence-electron chi connectivity index (χ3n) is 5.52. The summed E-state index contributed by atoms with van der Waals surface area (Å²) >= 11 is -6.43. The number of rotatable bonds is 9. The second-order valence-corrected chi connectivity index (χ2v) is 21.3. The van der Waals surface area contributed by atoms with Gasteiger partial charge in [-0.05, 0) is 0 Å². The maximum absolute atomic E-state index is 12.9. The first kappa shape index (κ1) is 25.5. The van der Waals surface area contributed by atoms with Crippen molar-refractivity contribution in [3.05, 3.63) is 121 Å². The zero-order chi connectivity index (χ0) is 24.5. The van der Waals surface area contributed by atoms with Crippen LogP contribution in [-0.2, 0) is 15.7 Å². The Kier molecular flexibility index (Phi) is 9.39. The fourth-order valence-corrected chi connectivity index (χ4v) is 16.2. The van der Waals surface area contributed by atoms with Crippen molar-refractivity contribution in [2.45, 2.75) is 12.5 Å². The number of hydrogen-bond acceptors (Lipinski definition) is 5. The summed E-state index contributed by atoms with van der Waals surface area (Å²) in [6.07, 6.45) is -2.01. The third kappa shape index (κ3) is 7.19. The van der Waals surface area contributed by atoms with Crippen LogP contribution in [0.2, 0.25) is 0 Å². The van der Waals surface area contributed by atoms with Gasteiger partial charge in [0, 0.05) is 0 Å². The molecule has 4 rings (SSSR count). The molecule has 1 N–H and O–H groups in total. The molecule has 7 heteroatoms. The first-order valence-electron chi connectivity index (χ1n) is 11.4. The Balaban J connectivity index is 1.45. The Morgan fingerprint density at radius 3 is 1.23 bits per heavy atom. The molecule has 176 valence electrons. The van der Waals surface area contributed by atoms with E-state index in [2.05, 4.69) is 0 Å². The Hall–Kier alpha value is -2.62. The van der Waals surface area contributed by atoms with Gasteiger partial charge in [0.1, 0.15) is 0 Å². The van der Waals surface area contributed by atoms with Gasteiger partial charge in [-0.1, -0.05) is 0 Å². The number of carbonyl (C=O) groups is 2. The van der Waals surface area contributed by atoms with Crippen LogP contribution in [0.4, 0.5) is 0 Å². The number of benzene rings is 4. The number of aliphatic hydroxyl groups excluding tert-OH is 1. The topological polar surface area (TPSA) is 72.8 Å². The summed E-state index contributed by atoms with van der Waals surface area (Å²) in [4.78, 5) is 25.7. The molecule has 0 spiro atoms. The molecule has 4 aromatic rings. The van der Waals surface area contributed by atoms with Gasteiger partial charge in [-0.3, -0.25) is 0 Å². The zero-order valence-corrected chi connectivity index (χ0v) is 25.7. The second kappa shape index (κ2) is 12.9. The first-order valence-corrected chi connectivity index (χ1v) is 20.7. The van der Waals surface area contributed by atoms with E-state index < -0.39 is 64.8 Å². The van der Waals surface area contributed by atoms with Gasteiger partial charge in [-0.15, -0.1) is 0 Å². The van der Waals surface area contributed by atoms with E-state index in [9.17, 15) is 14.7 Å². The van der Waals surface area contributed by atoms with Crippen molar-refractivity contribution in [1.29, 1.82) is 0 Å². The third-order valence-corrected chi connectivity index (χ3v) is 19.6. The van der Waals surface area contributed by atoms with Gasteiger partial charge in [-0.25, -0.2) is 0 Å². The Morgan fingerprint density at radius 2 is 0.886 bits per heavy atom. The van der Waals surface area contributed by atoms with Crippen molar-refractivity contribution >= 4 is 66.6 Å². The van der Waals surface area contributed by atoms with Crippen LogP contribution in [0.5, 0.6) is 0 Å². The van der Waals surface area contributed by atoms with E-state index in [1.165, 1.54) is 0 Å². The van der Waals surface area contributed by atoms with Crippen molar-refractivity contribution in [3.8, 4) is 0 Å². The molecule has 0 saturated carbocycles. The minimum absolute atomic E-state index is 0.436. The van der Waals surface area contributed by atoms with Gasteiger partial charge in [0.2, 0.25) is 0 Å². The van der Waals surface area contributed by atoms with E-state index in [0.717, 1.165) is 14.3 Å². The average molecular weight is 680 g/mol. The SMILES string of the molecule is O=C(CC(O)C(=O)[O][SnH]([c]1ccccc1)[c]1ccccc1)[O][SnH]([c]1ccccc1)[c]1ccccc1. The number of hydrogen-bond donors (Lipinski definition) is 1.